The number of benzene rings is 9. The summed E-state index contributed by atoms with van der Waals surface area (Å²) in [5.74, 6) is 0.192. The Balaban J connectivity index is 1.08. The van der Waals surface area contributed by atoms with Gasteiger partial charge in [0.05, 0.1) is 11.0 Å². The molecular formula is C56H39N. The molecule has 0 spiro atoms. The summed E-state index contributed by atoms with van der Waals surface area (Å²) in [4.78, 5) is 0. The van der Waals surface area contributed by atoms with Crippen molar-refractivity contribution in [1.82, 2.24) is 4.57 Å². The summed E-state index contributed by atoms with van der Waals surface area (Å²) in [5.41, 5.74) is 20.8. The Morgan fingerprint density at radius 2 is 1.07 bits per heavy atom. The van der Waals surface area contributed by atoms with Crippen LogP contribution in [0, 0.1) is 0 Å². The summed E-state index contributed by atoms with van der Waals surface area (Å²) < 4.78 is 2.53. The van der Waals surface area contributed by atoms with Crippen molar-refractivity contribution in [2.45, 2.75) is 25.2 Å². The Bertz CT molecular complexity index is 3260. The number of fused-ring (bicyclic) bond motifs is 11. The van der Waals surface area contributed by atoms with E-state index in [1.807, 2.05) is 0 Å². The van der Waals surface area contributed by atoms with Gasteiger partial charge < -0.3 is 4.57 Å². The van der Waals surface area contributed by atoms with Gasteiger partial charge in [-0.2, -0.15) is 0 Å². The third-order valence-corrected chi connectivity index (χ3v) is 13.1. The van der Waals surface area contributed by atoms with Gasteiger partial charge in [0, 0.05) is 33.4 Å². The Kier molecular flexibility index (Phi) is 6.81. The van der Waals surface area contributed by atoms with Gasteiger partial charge >= 0.3 is 0 Å². The average Bonchev–Trinajstić information content (AvgIpc) is 3.86. The highest BCUT2D eigenvalue weighted by Crippen LogP contribution is 2.54. The van der Waals surface area contributed by atoms with Crippen LogP contribution in [0.2, 0.25) is 0 Å². The van der Waals surface area contributed by atoms with Gasteiger partial charge in [0.1, 0.15) is 0 Å². The maximum Gasteiger partial charge on any atom is 0.0622 e. The van der Waals surface area contributed by atoms with Crippen molar-refractivity contribution < 1.29 is 0 Å². The normalized spacial score (nSPS) is 14.8. The zero-order valence-electron chi connectivity index (χ0n) is 32.0. The van der Waals surface area contributed by atoms with Crippen LogP contribution < -0.4 is 0 Å². The largest absolute Gasteiger partial charge is 0.309 e. The van der Waals surface area contributed by atoms with Crippen molar-refractivity contribution in [2.24, 2.45) is 0 Å². The average molecular weight is 726 g/mol. The van der Waals surface area contributed by atoms with E-state index in [9.17, 15) is 0 Å². The van der Waals surface area contributed by atoms with E-state index in [0.717, 1.165) is 0 Å². The molecule has 0 saturated carbocycles. The van der Waals surface area contributed by atoms with Crippen molar-refractivity contribution in [3.8, 4) is 50.2 Å². The summed E-state index contributed by atoms with van der Waals surface area (Å²) in [6.45, 7) is 4.75. The molecule has 2 aliphatic rings. The molecule has 0 radical (unpaired) electrons. The number of nitrogens with zero attached hydrogens (tertiary/aromatic N) is 1. The van der Waals surface area contributed by atoms with Gasteiger partial charge in [-0.3, -0.25) is 0 Å². The van der Waals surface area contributed by atoms with Gasteiger partial charge in [-0.05, 0) is 108 Å². The topological polar surface area (TPSA) is 4.93 Å². The molecule has 57 heavy (non-hydrogen) atoms. The molecule has 1 atom stereocenters. The second-order valence-corrected chi connectivity index (χ2v) is 16.4. The highest BCUT2D eigenvalue weighted by Gasteiger charge is 2.38. The molecule has 1 heterocycles. The van der Waals surface area contributed by atoms with Crippen LogP contribution in [0.1, 0.15) is 47.6 Å². The van der Waals surface area contributed by atoms with Crippen LogP contribution in [-0.2, 0) is 5.41 Å². The molecule has 0 aliphatic heterocycles. The van der Waals surface area contributed by atoms with Crippen molar-refractivity contribution in [3.63, 3.8) is 0 Å². The molecule has 0 amide bonds. The molecule has 0 fully saturated rings. The van der Waals surface area contributed by atoms with Crippen molar-refractivity contribution >= 4 is 32.6 Å². The zero-order valence-corrected chi connectivity index (χ0v) is 32.0. The fraction of sp³-hybridized carbons (Fsp3) is 0.0714. The van der Waals surface area contributed by atoms with E-state index < -0.39 is 0 Å². The molecule has 0 saturated heterocycles. The predicted octanol–water partition coefficient (Wildman–Crippen LogP) is 14.7. The SMILES string of the molecule is CC1(C)c2ccccc2-c2c1ccc1c3cc(-c4ccc5c(c4)-c4ccccc4C5c4cccc5ccccc45)ccc3n(-c3cccc(-c4ccccc4)c3)c21. The lowest BCUT2D eigenvalue weighted by atomic mass is 9.82. The fourth-order valence-corrected chi connectivity index (χ4v) is 10.4. The highest BCUT2D eigenvalue weighted by molar-refractivity contribution is 6.16. The Morgan fingerprint density at radius 1 is 0.404 bits per heavy atom. The van der Waals surface area contributed by atoms with Gasteiger partial charge in [0.25, 0.3) is 0 Å². The summed E-state index contributed by atoms with van der Waals surface area (Å²) in [7, 11) is 0. The molecule has 1 unspecified atom stereocenters. The minimum Gasteiger partial charge on any atom is -0.309 e. The smallest absolute Gasteiger partial charge is 0.0622 e. The molecule has 0 bridgehead atoms. The van der Waals surface area contributed by atoms with Crippen LogP contribution in [0.4, 0.5) is 0 Å². The molecule has 9 aromatic carbocycles. The van der Waals surface area contributed by atoms with Crippen LogP contribution in [0.15, 0.2) is 194 Å². The molecule has 1 aromatic heterocycles. The second kappa shape index (κ2) is 12.0. The monoisotopic (exact) mass is 725 g/mol. The van der Waals surface area contributed by atoms with Crippen LogP contribution in [-0.4, -0.2) is 4.57 Å². The first-order valence-electron chi connectivity index (χ1n) is 20.1. The molecule has 12 rings (SSSR count). The molecule has 2 aliphatic carbocycles. The standard InChI is InChI=1S/C56H39N/c1-56(2)50-25-11-10-23-47(50)54-51(56)30-29-46-49-34-39(27-31-52(49)57(55(46)54)40-19-12-18-37(32-40)35-14-4-3-5-15-35)38-26-28-45-48(33-38)42-21-8-9-22-44(42)53(45)43-24-13-17-36-16-6-7-20-41(36)43/h3-34,53H,1-2H3. The Morgan fingerprint density at radius 3 is 1.98 bits per heavy atom. The van der Waals surface area contributed by atoms with E-state index >= 15 is 0 Å². The van der Waals surface area contributed by atoms with E-state index in [-0.39, 0.29) is 11.3 Å². The van der Waals surface area contributed by atoms with E-state index in [1.165, 1.54) is 111 Å². The van der Waals surface area contributed by atoms with Crippen LogP contribution >= 0.6 is 0 Å². The summed E-state index contributed by atoms with van der Waals surface area (Å²) in [6.07, 6.45) is 0. The lowest BCUT2D eigenvalue weighted by Crippen LogP contribution is -2.14. The molecule has 10 aromatic rings. The van der Waals surface area contributed by atoms with Crippen molar-refractivity contribution in [3.05, 3.63) is 222 Å². The van der Waals surface area contributed by atoms with E-state index in [1.54, 1.807) is 0 Å². The number of hydrogen-bond donors (Lipinski definition) is 0. The molecule has 1 nitrogen and oxygen atoms in total. The maximum absolute atomic E-state index is 2.53. The van der Waals surface area contributed by atoms with Crippen molar-refractivity contribution in [2.75, 3.05) is 0 Å². The van der Waals surface area contributed by atoms with Crippen molar-refractivity contribution in [1.29, 1.82) is 0 Å². The summed E-state index contributed by atoms with van der Waals surface area (Å²) >= 11 is 0. The van der Waals surface area contributed by atoms with Gasteiger partial charge in [-0.1, -0.05) is 178 Å². The Hall–Kier alpha value is -6.96. The fourth-order valence-electron chi connectivity index (χ4n) is 10.4. The van der Waals surface area contributed by atoms with E-state index in [0.29, 0.717) is 0 Å². The van der Waals surface area contributed by atoms with Crippen LogP contribution in [0.5, 0.6) is 0 Å². The van der Waals surface area contributed by atoms with E-state index in [2.05, 4.69) is 213 Å². The number of rotatable bonds is 4. The number of aromatic nitrogens is 1. The first-order valence-corrected chi connectivity index (χ1v) is 20.1. The molecule has 1 heteroatoms. The lowest BCUT2D eigenvalue weighted by molar-refractivity contribution is 0.661. The third-order valence-electron chi connectivity index (χ3n) is 13.1. The minimum absolute atomic E-state index is 0.0942. The minimum atomic E-state index is -0.0942. The first-order chi connectivity index (χ1) is 28.0. The second-order valence-electron chi connectivity index (χ2n) is 16.4. The molecule has 268 valence electrons. The Labute approximate surface area is 333 Å². The van der Waals surface area contributed by atoms with Gasteiger partial charge in [-0.25, -0.2) is 0 Å². The first kappa shape index (κ1) is 32.3. The van der Waals surface area contributed by atoms with Gasteiger partial charge in [0.15, 0.2) is 0 Å². The maximum atomic E-state index is 2.53. The highest BCUT2D eigenvalue weighted by atomic mass is 15.0. The van der Waals surface area contributed by atoms with Gasteiger partial charge in [-0.15, -0.1) is 0 Å². The molecular weight excluding hydrogens is 687 g/mol. The number of hydrogen-bond acceptors (Lipinski definition) is 0. The van der Waals surface area contributed by atoms with Crippen LogP contribution in [0.3, 0.4) is 0 Å². The molecule has 0 N–H and O–H groups in total. The summed E-state index contributed by atoms with van der Waals surface area (Å²) in [5, 5.41) is 5.16. The zero-order chi connectivity index (χ0) is 37.8. The third kappa shape index (κ3) is 4.63. The van der Waals surface area contributed by atoms with E-state index in [4.69, 9.17) is 0 Å². The quantitative estimate of drug-likeness (QED) is 0.170. The predicted molar refractivity (Wildman–Crippen MR) is 240 cm³/mol. The van der Waals surface area contributed by atoms with Gasteiger partial charge in [0.2, 0.25) is 0 Å². The summed E-state index contributed by atoms with van der Waals surface area (Å²) in [6, 6.07) is 72.5. The van der Waals surface area contributed by atoms with Crippen LogP contribution in [0.25, 0.3) is 82.8 Å². The lowest BCUT2D eigenvalue weighted by Gasteiger charge is -2.21.